The topological polar surface area (TPSA) is 97.5 Å². The summed E-state index contributed by atoms with van der Waals surface area (Å²) in [6.07, 6.45) is 0.485. The molecule has 2 aromatic carbocycles. The Labute approximate surface area is 146 Å². The van der Waals surface area contributed by atoms with Crippen molar-refractivity contribution in [3.05, 3.63) is 73.2 Å². The number of hydrogen-bond donors (Lipinski definition) is 1. The molecule has 1 N–H and O–H groups in total. The minimum absolute atomic E-state index is 0.0273. The van der Waals surface area contributed by atoms with E-state index in [1.807, 2.05) is 0 Å². The molecule has 124 valence electrons. The Bertz CT molecular complexity index is 852. The van der Waals surface area contributed by atoms with Crippen LogP contribution in [0.5, 0.6) is 0 Å². The molecular formula is C16H11Cl2NO5. The number of nitro groups is 1. The van der Waals surface area contributed by atoms with E-state index >= 15 is 0 Å². The van der Waals surface area contributed by atoms with Gasteiger partial charge in [-0.05, 0) is 42.8 Å². The maximum atomic E-state index is 11.9. The van der Waals surface area contributed by atoms with Crippen molar-refractivity contribution in [1.29, 1.82) is 0 Å². The summed E-state index contributed by atoms with van der Waals surface area (Å²) in [6, 6.07) is 7.67. The van der Waals surface area contributed by atoms with Crippen molar-refractivity contribution in [3.63, 3.8) is 0 Å². The maximum Gasteiger partial charge on any atom is 0.335 e. The molecule has 0 aliphatic heterocycles. The van der Waals surface area contributed by atoms with Gasteiger partial charge in [0.25, 0.3) is 5.69 Å². The van der Waals surface area contributed by atoms with Crippen LogP contribution in [0.3, 0.4) is 0 Å². The summed E-state index contributed by atoms with van der Waals surface area (Å²) >= 11 is 12.1. The Balaban J connectivity index is 2.81. The third-order valence-corrected chi connectivity index (χ3v) is 4.29. The molecule has 6 nitrogen and oxygen atoms in total. The van der Waals surface area contributed by atoms with Gasteiger partial charge in [0.15, 0.2) is 0 Å². The van der Waals surface area contributed by atoms with Crippen LogP contribution < -0.4 is 0 Å². The number of aldehydes is 1. The van der Waals surface area contributed by atoms with Crippen LogP contribution in [-0.2, 0) is 10.2 Å². The first kappa shape index (κ1) is 17.9. The first-order valence-corrected chi connectivity index (χ1v) is 7.40. The fourth-order valence-corrected chi connectivity index (χ4v) is 2.90. The molecule has 0 unspecified atom stereocenters. The highest BCUT2D eigenvalue weighted by Crippen LogP contribution is 2.40. The molecule has 0 amide bonds. The van der Waals surface area contributed by atoms with Crippen molar-refractivity contribution in [2.75, 3.05) is 0 Å². The third-order valence-electron chi connectivity index (χ3n) is 3.72. The maximum absolute atomic E-state index is 11.9. The van der Waals surface area contributed by atoms with Gasteiger partial charge in [-0.1, -0.05) is 23.2 Å². The molecule has 0 bridgehead atoms. The van der Waals surface area contributed by atoms with Crippen molar-refractivity contribution >= 4 is 41.1 Å². The number of carboxylic acids is 1. The second kappa shape index (κ2) is 6.59. The zero-order valence-electron chi connectivity index (χ0n) is 12.3. The Morgan fingerprint density at radius 1 is 1.21 bits per heavy atom. The van der Waals surface area contributed by atoms with Crippen molar-refractivity contribution in [3.8, 4) is 0 Å². The molecule has 0 aromatic heterocycles. The van der Waals surface area contributed by atoms with E-state index in [0.717, 1.165) is 0 Å². The number of nitrogens with zero attached hydrogens (tertiary/aromatic N) is 1. The zero-order valence-corrected chi connectivity index (χ0v) is 13.8. The summed E-state index contributed by atoms with van der Waals surface area (Å²) in [5, 5.41) is 20.8. The molecule has 0 aliphatic carbocycles. The van der Waals surface area contributed by atoms with Crippen LogP contribution in [0.25, 0.3) is 0 Å². The summed E-state index contributed by atoms with van der Waals surface area (Å²) in [5.74, 6) is -1.21. The average Bonchev–Trinajstić information content (AvgIpc) is 2.53. The molecule has 8 heteroatoms. The highest BCUT2D eigenvalue weighted by Gasteiger charge is 2.37. The van der Waals surface area contributed by atoms with Gasteiger partial charge in [0, 0.05) is 21.7 Å². The molecule has 0 aliphatic rings. The van der Waals surface area contributed by atoms with Gasteiger partial charge in [-0.2, -0.15) is 0 Å². The number of rotatable bonds is 5. The lowest BCUT2D eigenvalue weighted by Crippen LogP contribution is -2.27. The Morgan fingerprint density at radius 3 is 2.42 bits per heavy atom. The smallest absolute Gasteiger partial charge is 0.335 e. The van der Waals surface area contributed by atoms with Gasteiger partial charge in [0.1, 0.15) is 6.29 Å². The van der Waals surface area contributed by atoms with Crippen LogP contribution >= 0.6 is 23.2 Å². The molecule has 0 saturated heterocycles. The van der Waals surface area contributed by atoms with E-state index in [4.69, 9.17) is 28.3 Å². The molecule has 0 saturated carbocycles. The number of nitro benzene ring substituents is 1. The number of aromatic carboxylic acids is 1. The number of halogens is 2. The normalized spacial score (nSPS) is 13.1. The Morgan fingerprint density at radius 2 is 1.88 bits per heavy atom. The monoisotopic (exact) mass is 367 g/mol. The highest BCUT2D eigenvalue weighted by atomic mass is 35.5. The number of carbonyl (C=O) groups excluding carboxylic acids is 1. The first-order chi connectivity index (χ1) is 11.2. The van der Waals surface area contributed by atoms with Crippen LogP contribution in [0, 0.1) is 10.1 Å². The van der Waals surface area contributed by atoms with E-state index in [2.05, 4.69) is 0 Å². The quantitative estimate of drug-likeness (QED) is 0.487. The Hall–Kier alpha value is -2.44. The van der Waals surface area contributed by atoms with E-state index in [1.165, 1.54) is 43.3 Å². The summed E-state index contributed by atoms with van der Waals surface area (Å²) < 4.78 is 0. The second-order valence-electron chi connectivity index (χ2n) is 5.24. The minimum atomic E-state index is -1.55. The van der Waals surface area contributed by atoms with Gasteiger partial charge < -0.3 is 9.90 Å². The van der Waals surface area contributed by atoms with Crippen molar-refractivity contribution in [1.82, 2.24) is 0 Å². The average molecular weight is 368 g/mol. The van der Waals surface area contributed by atoms with Gasteiger partial charge >= 0.3 is 5.97 Å². The minimum Gasteiger partial charge on any atom is -0.478 e. The SMILES string of the molecule is C[C@](C=O)(c1cc(C(=O)O)ccc1Cl)c1cc(Cl)ccc1[N+](=O)[O-]. The molecular weight excluding hydrogens is 357 g/mol. The summed E-state index contributed by atoms with van der Waals surface area (Å²) in [4.78, 5) is 33.7. The predicted molar refractivity (Wildman–Crippen MR) is 89.0 cm³/mol. The fraction of sp³-hybridized carbons (Fsp3) is 0.125. The van der Waals surface area contributed by atoms with E-state index < -0.39 is 16.3 Å². The lowest BCUT2D eigenvalue weighted by Gasteiger charge is -2.25. The van der Waals surface area contributed by atoms with Gasteiger partial charge in [-0.15, -0.1) is 0 Å². The lowest BCUT2D eigenvalue weighted by molar-refractivity contribution is -0.385. The molecule has 2 aromatic rings. The van der Waals surface area contributed by atoms with Crippen LogP contribution in [-0.4, -0.2) is 22.3 Å². The molecule has 0 spiro atoms. The van der Waals surface area contributed by atoms with E-state index in [1.54, 1.807) is 0 Å². The number of benzene rings is 2. The first-order valence-electron chi connectivity index (χ1n) is 6.64. The highest BCUT2D eigenvalue weighted by molar-refractivity contribution is 6.32. The molecule has 0 radical (unpaired) electrons. The Kier molecular flexibility index (Phi) is 4.91. The van der Waals surface area contributed by atoms with E-state index in [0.29, 0.717) is 6.29 Å². The van der Waals surface area contributed by atoms with Gasteiger partial charge in [0.05, 0.1) is 15.9 Å². The number of carboxylic acid groups (broad SMARTS) is 1. The van der Waals surface area contributed by atoms with Crippen LogP contribution in [0.1, 0.15) is 28.4 Å². The van der Waals surface area contributed by atoms with E-state index in [9.17, 15) is 19.7 Å². The molecule has 1 atom stereocenters. The lowest BCUT2D eigenvalue weighted by atomic mass is 9.76. The molecule has 2 rings (SSSR count). The van der Waals surface area contributed by atoms with Crippen LogP contribution in [0.4, 0.5) is 5.69 Å². The van der Waals surface area contributed by atoms with Crippen LogP contribution in [0.2, 0.25) is 10.0 Å². The molecule has 0 heterocycles. The predicted octanol–water partition coefficient (Wildman–Crippen LogP) is 4.10. The number of hydrogen-bond acceptors (Lipinski definition) is 4. The summed E-state index contributed by atoms with van der Waals surface area (Å²) in [5.41, 5.74) is -1.78. The summed E-state index contributed by atoms with van der Waals surface area (Å²) in [6.45, 7) is 1.42. The number of carbonyl (C=O) groups is 2. The van der Waals surface area contributed by atoms with E-state index in [-0.39, 0.29) is 32.4 Å². The van der Waals surface area contributed by atoms with Crippen LogP contribution in [0.15, 0.2) is 36.4 Å². The second-order valence-corrected chi connectivity index (χ2v) is 6.08. The van der Waals surface area contributed by atoms with Crippen molar-refractivity contribution in [2.45, 2.75) is 12.3 Å². The van der Waals surface area contributed by atoms with Gasteiger partial charge in [-0.25, -0.2) is 4.79 Å². The largest absolute Gasteiger partial charge is 0.478 e. The fourth-order valence-electron chi connectivity index (χ4n) is 2.41. The van der Waals surface area contributed by atoms with Gasteiger partial charge in [0.2, 0.25) is 0 Å². The third kappa shape index (κ3) is 3.11. The van der Waals surface area contributed by atoms with Crippen molar-refractivity contribution < 1.29 is 19.6 Å². The zero-order chi connectivity index (χ0) is 18.1. The van der Waals surface area contributed by atoms with Crippen molar-refractivity contribution in [2.24, 2.45) is 0 Å². The summed E-state index contributed by atoms with van der Waals surface area (Å²) in [7, 11) is 0. The molecule has 0 fully saturated rings. The standard InChI is InChI=1S/C16H11Cl2NO5/c1-16(8-20,11-6-9(15(21)22)2-4-13(11)18)12-7-10(17)3-5-14(12)19(23)24/h2-8H,1H3,(H,21,22)/t16-/m0/s1. The molecule has 24 heavy (non-hydrogen) atoms. The van der Waals surface area contributed by atoms with Gasteiger partial charge in [-0.3, -0.25) is 10.1 Å².